The van der Waals surface area contributed by atoms with Crippen LogP contribution in [0.2, 0.25) is 0 Å². The summed E-state index contributed by atoms with van der Waals surface area (Å²) in [6.45, 7) is 5.31. The van der Waals surface area contributed by atoms with Crippen LogP contribution in [0.1, 0.15) is 23.9 Å². The Morgan fingerprint density at radius 1 is 1.13 bits per heavy atom. The average molecular weight is 427 g/mol. The molecule has 0 atom stereocenters. The van der Waals surface area contributed by atoms with Gasteiger partial charge in [-0.1, -0.05) is 18.2 Å². The van der Waals surface area contributed by atoms with Crippen molar-refractivity contribution in [2.75, 3.05) is 6.61 Å². The number of benzene rings is 1. The molecular formula is C21H22FN5O4. The maximum absolute atomic E-state index is 14.2. The number of aryl methyl sites for hydroxylation is 2. The van der Waals surface area contributed by atoms with E-state index >= 15 is 0 Å². The lowest BCUT2D eigenvalue weighted by molar-refractivity contribution is -0.143. The van der Waals surface area contributed by atoms with Crippen LogP contribution in [0.3, 0.4) is 0 Å². The highest BCUT2D eigenvalue weighted by Gasteiger charge is 2.24. The van der Waals surface area contributed by atoms with Crippen molar-refractivity contribution in [3.63, 3.8) is 0 Å². The van der Waals surface area contributed by atoms with E-state index in [1.807, 2.05) is 6.92 Å². The predicted molar refractivity (Wildman–Crippen MR) is 112 cm³/mol. The van der Waals surface area contributed by atoms with Gasteiger partial charge in [0.1, 0.15) is 12.4 Å². The minimum absolute atomic E-state index is 0.0717. The number of ether oxygens (including phenoxy) is 1. The Balaban J connectivity index is 2.00. The number of hydrogen-bond acceptors (Lipinski definition) is 5. The molecule has 1 aromatic carbocycles. The minimum atomic E-state index is -0.604. The van der Waals surface area contributed by atoms with Crippen molar-refractivity contribution >= 4 is 22.9 Å². The van der Waals surface area contributed by atoms with Gasteiger partial charge in [-0.3, -0.25) is 23.1 Å². The Bertz CT molecular complexity index is 1460. The quantitative estimate of drug-likeness (QED) is 0.450. The van der Waals surface area contributed by atoms with Crippen LogP contribution in [0.4, 0.5) is 4.39 Å². The molecule has 3 heterocycles. The molecule has 0 fully saturated rings. The highest BCUT2D eigenvalue weighted by atomic mass is 19.1. The van der Waals surface area contributed by atoms with Crippen LogP contribution in [-0.4, -0.2) is 35.7 Å². The summed E-state index contributed by atoms with van der Waals surface area (Å²) in [4.78, 5) is 42.8. The standard InChI is InChI=1S/C21H22FN5O4/c1-5-31-16(28)11-25-12(2)13(3)27-17-18(23-20(25)27)24(4)21(30)26(19(17)29)10-14-8-6-7-9-15(14)22/h6-9H,5,10-11H2,1-4H3. The van der Waals surface area contributed by atoms with E-state index in [-0.39, 0.29) is 36.4 Å². The van der Waals surface area contributed by atoms with Crippen molar-refractivity contribution in [1.29, 1.82) is 0 Å². The molecule has 10 heteroatoms. The number of hydrogen-bond donors (Lipinski definition) is 0. The lowest BCUT2D eigenvalue weighted by atomic mass is 10.2. The molecular weight excluding hydrogens is 405 g/mol. The third kappa shape index (κ3) is 3.15. The lowest BCUT2D eigenvalue weighted by Gasteiger charge is -2.09. The molecule has 0 bridgehead atoms. The summed E-state index contributed by atoms with van der Waals surface area (Å²) in [7, 11) is 1.51. The van der Waals surface area contributed by atoms with Crippen LogP contribution in [0.5, 0.6) is 0 Å². The van der Waals surface area contributed by atoms with E-state index in [4.69, 9.17) is 4.74 Å². The van der Waals surface area contributed by atoms with Crippen LogP contribution >= 0.6 is 0 Å². The number of aromatic nitrogens is 5. The fourth-order valence-corrected chi connectivity index (χ4v) is 3.78. The van der Waals surface area contributed by atoms with Gasteiger partial charge in [0, 0.05) is 24.0 Å². The highest BCUT2D eigenvalue weighted by Crippen LogP contribution is 2.21. The maximum Gasteiger partial charge on any atom is 0.332 e. The Hall–Kier alpha value is -3.69. The zero-order valence-corrected chi connectivity index (χ0v) is 17.7. The zero-order valence-electron chi connectivity index (χ0n) is 17.7. The van der Waals surface area contributed by atoms with Gasteiger partial charge in [0.25, 0.3) is 5.56 Å². The second-order valence-corrected chi connectivity index (χ2v) is 7.31. The average Bonchev–Trinajstić information content (AvgIpc) is 3.23. The van der Waals surface area contributed by atoms with E-state index in [0.717, 1.165) is 10.3 Å². The summed E-state index contributed by atoms with van der Waals surface area (Å²) in [5.74, 6) is -0.572. The van der Waals surface area contributed by atoms with Crippen LogP contribution in [0.25, 0.3) is 16.9 Å². The highest BCUT2D eigenvalue weighted by molar-refractivity contribution is 5.77. The maximum atomic E-state index is 14.2. The molecule has 0 unspecified atom stereocenters. The van der Waals surface area contributed by atoms with Gasteiger partial charge in [-0.25, -0.2) is 9.18 Å². The third-order valence-electron chi connectivity index (χ3n) is 5.51. The van der Waals surface area contributed by atoms with Gasteiger partial charge in [-0.2, -0.15) is 4.98 Å². The SMILES string of the molecule is CCOC(=O)Cn1c(C)c(C)n2c3c(=O)n(Cc4ccccc4F)c(=O)n(C)c3nc12. The van der Waals surface area contributed by atoms with Gasteiger partial charge in [-0.05, 0) is 26.8 Å². The first-order chi connectivity index (χ1) is 14.8. The summed E-state index contributed by atoms with van der Waals surface area (Å²) >= 11 is 0. The molecule has 0 saturated carbocycles. The summed E-state index contributed by atoms with van der Waals surface area (Å²) in [6, 6.07) is 6.00. The number of imidazole rings is 2. The monoisotopic (exact) mass is 427 g/mol. The summed E-state index contributed by atoms with van der Waals surface area (Å²) in [6.07, 6.45) is 0. The number of carbonyl (C=O) groups excluding carboxylic acids is 1. The van der Waals surface area contributed by atoms with Crippen molar-refractivity contribution in [3.8, 4) is 0 Å². The molecule has 4 rings (SSSR count). The lowest BCUT2D eigenvalue weighted by Crippen LogP contribution is -2.39. The van der Waals surface area contributed by atoms with E-state index in [1.54, 1.807) is 34.9 Å². The van der Waals surface area contributed by atoms with Crippen molar-refractivity contribution in [1.82, 2.24) is 23.1 Å². The number of halogens is 1. The minimum Gasteiger partial charge on any atom is -0.465 e. The van der Waals surface area contributed by atoms with Gasteiger partial charge in [-0.15, -0.1) is 0 Å². The van der Waals surface area contributed by atoms with Crippen molar-refractivity contribution in [2.45, 2.75) is 33.9 Å². The van der Waals surface area contributed by atoms with Gasteiger partial charge < -0.3 is 9.30 Å². The molecule has 162 valence electrons. The number of fused-ring (bicyclic) bond motifs is 3. The molecule has 4 aromatic rings. The summed E-state index contributed by atoms with van der Waals surface area (Å²) in [5.41, 5.74) is 0.876. The van der Waals surface area contributed by atoms with E-state index in [1.165, 1.54) is 23.7 Å². The van der Waals surface area contributed by atoms with Gasteiger partial charge >= 0.3 is 11.7 Å². The largest absolute Gasteiger partial charge is 0.465 e. The van der Waals surface area contributed by atoms with Gasteiger partial charge in [0.15, 0.2) is 11.2 Å². The third-order valence-corrected chi connectivity index (χ3v) is 5.51. The topological polar surface area (TPSA) is 92.5 Å². The molecule has 0 spiro atoms. The smallest absolute Gasteiger partial charge is 0.332 e. The fraction of sp³-hybridized carbons (Fsp3) is 0.333. The number of rotatable bonds is 5. The molecule has 0 amide bonds. The normalized spacial score (nSPS) is 11.5. The van der Waals surface area contributed by atoms with Crippen LogP contribution < -0.4 is 11.2 Å². The molecule has 3 aromatic heterocycles. The number of carbonyl (C=O) groups is 1. The molecule has 0 aliphatic heterocycles. The Kier molecular flexibility index (Phi) is 5.00. The molecule has 0 aliphatic rings. The van der Waals surface area contributed by atoms with Gasteiger partial charge in [0.05, 0.1) is 13.2 Å². The second-order valence-electron chi connectivity index (χ2n) is 7.31. The first-order valence-electron chi connectivity index (χ1n) is 9.83. The number of nitrogens with zero attached hydrogens (tertiary/aromatic N) is 5. The summed E-state index contributed by atoms with van der Waals surface area (Å²) in [5, 5.41) is 0. The van der Waals surface area contributed by atoms with Crippen molar-refractivity contribution < 1.29 is 13.9 Å². The predicted octanol–water partition coefficient (Wildman–Crippen LogP) is 1.52. The Morgan fingerprint density at radius 2 is 1.84 bits per heavy atom. The molecule has 9 nitrogen and oxygen atoms in total. The van der Waals surface area contributed by atoms with Crippen LogP contribution in [-0.2, 0) is 29.7 Å². The van der Waals surface area contributed by atoms with Gasteiger partial charge in [0.2, 0.25) is 5.78 Å². The van der Waals surface area contributed by atoms with E-state index < -0.39 is 23.0 Å². The van der Waals surface area contributed by atoms with Crippen LogP contribution in [0, 0.1) is 19.7 Å². The molecule has 0 N–H and O–H groups in total. The van der Waals surface area contributed by atoms with Crippen molar-refractivity contribution in [2.24, 2.45) is 7.05 Å². The molecule has 0 radical (unpaired) electrons. The van der Waals surface area contributed by atoms with Crippen LogP contribution in [0.15, 0.2) is 33.9 Å². The fourth-order valence-electron chi connectivity index (χ4n) is 3.78. The first kappa shape index (κ1) is 20.6. The van der Waals surface area contributed by atoms with E-state index in [0.29, 0.717) is 11.5 Å². The Labute approximate surface area is 175 Å². The van der Waals surface area contributed by atoms with E-state index in [2.05, 4.69) is 4.98 Å². The molecule has 31 heavy (non-hydrogen) atoms. The first-order valence-corrected chi connectivity index (χ1v) is 9.83. The Morgan fingerprint density at radius 3 is 2.52 bits per heavy atom. The number of esters is 1. The van der Waals surface area contributed by atoms with Crippen molar-refractivity contribution in [3.05, 3.63) is 67.9 Å². The zero-order chi connectivity index (χ0) is 22.4. The van der Waals surface area contributed by atoms with E-state index in [9.17, 15) is 18.8 Å². The second kappa shape index (κ2) is 7.53. The summed E-state index contributed by atoms with van der Waals surface area (Å²) < 4.78 is 24.7. The molecule has 0 saturated heterocycles. The molecule has 0 aliphatic carbocycles.